The maximum atomic E-state index is 12.0. The van der Waals surface area contributed by atoms with E-state index >= 15 is 0 Å². The Balaban J connectivity index is 0.00000280. The molecule has 28 heavy (non-hydrogen) atoms. The van der Waals surface area contributed by atoms with Gasteiger partial charge >= 0.3 is 0 Å². The molecule has 2 aliphatic rings. The van der Waals surface area contributed by atoms with Gasteiger partial charge in [-0.2, -0.15) is 0 Å². The molecule has 0 aromatic heterocycles. The van der Waals surface area contributed by atoms with E-state index in [2.05, 4.69) is 46.8 Å². The fourth-order valence-electron chi connectivity index (χ4n) is 3.76. The molecule has 1 fully saturated rings. The van der Waals surface area contributed by atoms with Crippen LogP contribution < -0.4 is 10.6 Å². The van der Waals surface area contributed by atoms with E-state index in [9.17, 15) is 4.79 Å². The van der Waals surface area contributed by atoms with E-state index in [4.69, 9.17) is 4.74 Å². The number of carbonyl (C=O) groups is 1. The van der Waals surface area contributed by atoms with Gasteiger partial charge in [0.25, 0.3) is 0 Å². The zero-order valence-electron chi connectivity index (χ0n) is 17.1. The molecule has 1 heterocycles. The number of amides is 1. The van der Waals surface area contributed by atoms with Crippen LogP contribution in [0.4, 0.5) is 0 Å². The first-order chi connectivity index (χ1) is 13.0. The molecule has 1 aromatic carbocycles. The topological polar surface area (TPSA) is 66.0 Å². The number of ether oxygens (including phenoxy) is 1. The van der Waals surface area contributed by atoms with Crippen molar-refractivity contribution >= 4 is 35.8 Å². The molecular weight excluding hydrogens is 467 g/mol. The van der Waals surface area contributed by atoms with Gasteiger partial charge in [-0.25, -0.2) is 4.99 Å². The standard InChI is InChI=1S/C21H32N4O2.HI/c1-15-12-19(10-11-27-15)24-21(22-14-20(26)25(2)3)23-18-9-8-16-6-4-5-7-17(16)13-18;/h4-7,15,18-19H,8-14H2,1-3H3,(H2,22,23,24);1H. The third-order valence-electron chi connectivity index (χ3n) is 5.38. The van der Waals surface area contributed by atoms with Gasteiger partial charge in [-0.3, -0.25) is 4.79 Å². The fourth-order valence-corrected chi connectivity index (χ4v) is 3.76. The van der Waals surface area contributed by atoms with Crippen molar-refractivity contribution in [3.05, 3.63) is 35.4 Å². The first-order valence-electron chi connectivity index (χ1n) is 9.97. The zero-order chi connectivity index (χ0) is 19.2. The Bertz CT molecular complexity index is 680. The van der Waals surface area contributed by atoms with E-state index in [1.807, 2.05) is 0 Å². The van der Waals surface area contributed by atoms with Gasteiger partial charge in [-0.1, -0.05) is 24.3 Å². The largest absolute Gasteiger partial charge is 0.378 e. The molecule has 1 saturated heterocycles. The highest BCUT2D eigenvalue weighted by atomic mass is 127. The molecule has 2 N–H and O–H groups in total. The third kappa shape index (κ3) is 6.62. The molecule has 1 amide bonds. The second kappa shape index (κ2) is 11.0. The van der Waals surface area contributed by atoms with Crippen LogP contribution in [0.2, 0.25) is 0 Å². The van der Waals surface area contributed by atoms with Gasteiger partial charge in [-0.05, 0) is 50.2 Å². The number of benzene rings is 1. The normalized spacial score (nSPS) is 24.5. The number of nitrogens with one attached hydrogen (secondary N) is 2. The van der Waals surface area contributed by atoms with Crippen LogP contribution in [-0.4, -0.2) is 62.2 Å². The second-order valence-electron chi connectivity index (χ2n) is 7.85. The number of aliphatic imine (C=N–C) groups is 1. The highest BCUT2D eigenvalue weighted by Gasteiger charge is 2.23. The number of likely N-dealkylation sites (N-methyl/N-ethyl adjacent to an activating group) is 1. The highest BCUT2D eigenvalue weighted by molar-refractivity contribution is 14.0. The predicted octanol–water partition coefficient (Wildman–Crippen LogP) is 2.35. The number of nitrogens with zero attached hydrogens (tertiary/aromatic N) is 2. The summed E-state index contributed by atoms with van der Waals surface area (Å²) in [6, 6.07) is 9.30. The average Bonchev–Trinajstić information content (AvgIpc) is 2.65. The fraction of sp³-hybridized carbons (Fsp3) is 0.619. The quantitative estimate of drug-likeness (QED) is 0.379. The van der Waals surface area contributed by atoms with Crippen LogP contribution >= 0.6 is 24.0 Å². The minimum atomic E-state index is 0. The van der Waals surface area contributed by atoms with E-state index in [0.29, 0.717) is 12.1 Å². The van der Waals surface area contributed by atoms with Crippen LogP contribution in [0.5, 0.6) is 0 Å². The van der Waals surface area contributed by atoms with Crippen molar-refractivity contribution in [1.82, 2.24) is 15.5 Å². The summed E-state index contributed by atoms with van der Waals surface area (Å²) < 4.78 is 5.65. The summed E-state index contributed by atoms with van der Waals surface area (Å²) in [5.41, 5.74) is 2.85. The number of hydrogen-bond donors (Lipinski definition) is 2. The lowest BCUT2D eigenvalue weighted by Crippen LogP contribution is -2.51. The van der Waals surface area contributed by atoms with E-state index in [1.54, 1.807) is 19.0 Å². The molecule has 1 aliphatic heterocycles. The van der Waals surface area contributed by atoms with Crippen molar-refractivity contribution in [2.75, 3.05) is 27.2 Å². The Morgan fingerprint density at radius 3 is 2.61 bits per heavy atom. The van der Waals surface area contributed by atoms with Gasteiger partial charge in [-0.15, -0.1) is 24.0 Å². The van der Waals surface area contributed by atoms with Gasteiger partial charge in [0.2, 0.25) is 5.91 Å². The minimum absolute atomic E-state index is 0. The SMILES string of the molecule is CC1CC(NC(=NCC(=O)N(C)C)NC2CCc3ccccc3C2)CCO1.I. The van der Waals surface area contributed by atoms with E-state index in [1.165, 1.54) is 11.1 Å². The van der Waals surface area contributed by atoms with Crippen molar-refractivity contribution in [3.8, 4) is 0 Å². The van der Waals surface area contributed by atoms with Gasteiger partial charge in [0.05, 0.1) is 6.10 Å². The van der Waals surface area contributed by atoms with Crippen molar-refractivity contribution in [3.63, 3.8) is 0 Å². The summed E-state index contributed by atoms with van der Waals surface area (Å²) in [6.07, 6.45) is 5.30. The summed E-state index contributed by atoms with van der Waals surface area (Å²) in [7, 11) is 3.52. The van der Waals surface area contributed by atoms with Crippen LogP contribution in [0.25, 0.3) is 0 Å². The summed E-state index contributed by atoms with van der Waals surface area (Å²) in [4.78, 5) is 18.1. The molecular formula is C21H33IN4O2. The van der Waals surface area contributed by atoms with Crippen LogP contribution in [0.15, 0.2) is 29.3 Å². The minimum Gasteiger partial charge on any atom is -0.378 e. The van der Waals surface area contributed by atoms with E-state index < -0.39 is 0 Å². The Morgan fingerprint density at radius 1 is 1.18 bits per heavy atom. The van der Waals surface area contributed by atoms with E-state index in [-0.39, 0.29) is 42.5 Å². The molecule has 3 atom stereocenters. The van der Waals surface area contributed by atoms with Crippen molar-refractivity contribution in [2.24, 2.45) is 4.99 Å². The van der Waals surface area contributed by atoms with Gasteiger partial charge < -0.3 is 20.3 Å². The summed E-state index contributed by atoms with van der Waals surface area (Å²) in [5, 5.41) is 7.12. The number of carbonyl (C=O) groups excluding carboxylic acids is 1. The molecule has 0 bridgehead atoms. The van der Waals surface area contributed by atoms with Crippen molar-refractivity contribution in [2.45, 2.75) is 57.2 Å². The van der Waals surface area contributed by atoms with Crippen LogP contribution in [0, 0.1) is 0 Å². The number of rotatable bonds is 4. The molecule has 0 saturated carbocycles. The van der Waals surface area contributed by atoms with Crippen molar-refractivity contribution in [1.29, 1.82) is 0 Å². The molecule has 1 aliphatic carbocycles. The van der Waals surface area contributed by atoms with Crippen molar-refractivity contribution < 1.29 is 9.53 Å². The monoisotopic (exact) mass is 500 g/mol. The smallest absolute Gasteiger partial charge is 0.243 e. The molecule has 6 nitrogen and oxygen atoms in total. The molecule has 1 aromatic rings. The molecule has 156 valence electrons. The average molecular weight is 500 g/mol. The molecule has 3 rings (SSSR count). The Hall–Kier alpha value is -1.35. The Labute approximate surface area is 185 Å². The maximum absolute atomic E-state index is 12.0. The van der Waals surface area contributed by atoms with Crippen LogP contribution in [-0.2, 0) is 22.4 Å². The number of aryl methyl sites for hydroxylation is 1. The summed E-state index contributed by atoms with van der Waals surface area (Å²) in [6.45, 7) is 3.02. The van der Waals surface area contributed by atoms with Crippen LogP contribution in [0.1, 0.15) is 37.3 Å². The first kappa shape index (κ1) is 22.9. The zero-order valence-corrected chi connectivity index (χ0v) is 19.4. The van der Waals surface area contributed by atoms with Gasteiger partial charge in [0.1, 0.15) is 6.54 Å². The molecule has 0 spiro atoms. The van der Waals surface area contributed by atoms with E-state index in [0.717, 1.165) is 44.7 Å². The lowest BCUT2D eigenvalue weighted by Gasteiger charge is -2.32. The number of guanidine groups is 1. The predicted molar refractivity (Wildman–Crippen MR) is 123 cm³/mol. The van der Waals surface area contributed by atoms with Crippen LogP contribution in [0.3, 0.4) is 0 Å². The molecule has 3 unspecified atom stereocenters. The summed E-state index contributed by atoms with van der Waals surface area (Å²) >= 11 is 0. The maximum Gasteiger partial charge on any atom is 0.243 e. The van der Waals surface area contributed by atoms with Gasteiger partial charge in [0.15, 0.2) is 5.96 Å². The second-order valence-corrected chi connectivity index (χ2v) is 7.85. The number of fused-ring (bicyclic) bond motifs is 1. The summed E-state index contributed by atoms with van der Waals surface area (Å²) in [5.74, 6) is 0.749. The third-order valence-corrected chi connectivity index (χ3v) is 5.38. The van der Waals surface area contributed by atoms with Gasteiger partial charge in [0, 0.05) is 32.8 Å². The molecule has 0 radical (unpaired) electrons. The molecule has 7 heteroatoms. The lowest BCUT2D eigenvalue weighted by atomic mass is 9.88. The first-order valence-corrected chi connectivity index (χ1v) is 9.97. The lowest BCUT2D eigenvalue weighted by molar-refractivity contribution is -0.127. The Morgan fingerprint density at radius 2 is 1.89 bits per heavy atom. The highest BCUT2D eigenvalue weighted by Crippen LogP contribution is 2.21. The Kier molecular flexibility index (Phi) is 9.01. The number of hydrogen-bond acceptors (Lipinski definition) is 3. The number of halogens is 1.